The van der Waals surface area contributed by atoms with E-state index in [0.717, 1.165) is 26.7 Å². The summed E-state index contributed by atoms with van der Waals surface area (Å²) in [7, 11) is 0. The molecule has 17 heavy (non-hydrogen) atoms. The van der Waals surface area contributed by atoms with Gasteiger partial charge in [0.05, 0.1) is 0 Å². The van der Waals surface area contributed by atoms with E-state index < -0.39 is 0 Å². The molecule has 1 aromatic heterocycles. The van der Waals surface area contributed by atoms with Crippen LogP contribution in [0.25, 0.3) is 10.9 Å². The van der Waals surface area contributed by atoms with Crippen LogP contribution in [0, 0.1) is 20.8 Å². The zero-order chi connectivity index (χ0) is 13.2. The molecule has 3 heteroatoms. The molecule has 0 spiro atoms. The molecule has 92 valence electrons. The Labute approximate surface area is 111 Å². The standard InChI is InChI=1S/C12H12BrNO.C2H6/c1-6-4-9-10(13)5-7(2)12(15)11(9)14-8(6)3;1-2/h4-5,15H,1-3H3;1-2H3. The molecule has 0 saturated heterocycles. The van der Waals surface area contributed by atoms with E-state index in [4.69, 9.17) is 0 Å². The second-order valence-corrected chi connectivity index (χ2v) is 4.67. The van der Waals surface area contributed by atoms with Crippen molar-refractivity contribution in [2.75, 3.05) is 0 Å². The van der Waals surface area contributed by atoms with Gasteiger partial charge >= 0.3 is 0 Å². The lowest BCUT2D eigenvalue weighted by Crippen LogP contribution is -1.91. The summed E-state index contributed by atoms with van der Waals surface area (Å²) in [6, 6.07) is 3.95. The molecule has 0 aliphatic carbocycles. The number of halogens is 1. The smallest absolute Gasteiger partial charge is 0.144 e. The number of fused-ring (bicyclic) bond motifs is 1. The van der Waals surface area contributed by atoms with Crippen molar-refractivity contribution in [3.8, 4) is 5.75 Å². The minimum Gasteiger partial charge on any atom is -0.505 e. The Morgan fingerprint density at radius 1 is 1.06 bits per heavy atom. The topological polar surface area (TPSA) is 33.1 Å². The summed E-state index contributed by atoms with van der Waals surface area (Å²) in [4.78, 5) is 4.42. The first kappa shape index (κ1) is 14.0. The van der Waals surface area contributed by atoms with Crippen molar-refractivity contribution < 1.29 is 5.11 Å². The zero-order valence-electron chi connectivity index (χ0n) is 10.9. The predicted octanol–water partition coefficient (Wildman–Crippen LogP) is 4.65. The normalized spacial score (nSPS) is 10.0. The Bertz CT molecular complexity index is 550. The number of pyridine rings is 1. The first-order valence-corrected chi connectivity index (χ1v) is 6.56. The number of phenols is 1. The summed E-state index contributed by atoms with van der Waals surface area (Å²) in [5.74, 6) is 0.274. The first-order chi connectivity index (χ1) is 8.00. The average molecular weight is 296 g/mol. The molecule has 1 aromatic carbocycles. The molecule has 0 aliphatic heterocycles. The van der Waals surface area contributed by atoms with E-state index in [0.29, 0.717) is 5.52 Å². The fourth-order valence-corrected chi connectivity index (χ4v) is 2.24. The molecule has 1 heterocycles. The number of phenolic OH excluding ortho intramolecular Hbond substituents is 1. The van der Waals surface area contributed by atoms with Gasteiger partial charge in [0.15, 0.2) is 0 Å². The quantitative estimate of drug-likeness (QED) is 0.767. The molecule has 0 fully saturated rings. The van der Waals surface area contributed by atoms with E-state index in [9.17, 15) is 5.11 Å². The van der Waals surface area contributed by atoms with Crippen molar-refractivity contribution in [1.82, 2.24) is 4.98 Å². The van der Waals surface area contributed by atoms with Crippen molar-refractivity contribution in [1.29, 1.82) is 0 Å². The van der Waals surface area contributed by atoms with Gasteiger partial charge in [-0.05, 0) is 44.0 Å². The zero-order valence-corrected chi connectivity index (χ0v) is 12.5. The highest BCUT2D eigenvalue weighted by Crippen LogP contribution is 2.33. The van der Waals surface area contributed by atoms with Gasteiger partial charge in [0, 0.05) is 15.6 Å². The third-order valence-corrected chi connectivity index (χ3v) is 3.32. The molecule has 2 nitrogen and oxygen atoms in total. The summed E-state index contributed by atoms with van der Waals surface area (Å²) in [5, 5.41) is 10.9. The lowest BCUT2D eigenvalue weighted by molar-refractivity contribution is 0.476. The second kappa shape index (κ2) is 5.50. The van der Waals surface area contributed by atoms with Gasteiger partial charge in [-0.2, -0.15) is 0 Å². The Morgan fingerprint density at radius 2 is 1.65 bits per heavy atom. The Morgan fingerprint density at radius 3 is 2.24 bits per heavy atom. The van der Waals surface area contributed by atoms with E-state index in [1.165, 1.54) is 0 Å². The molecule has 0 bridgehead atoms. The molecule has 0 radical (unpaired) electrons. The summed E-state index contributed by atoms with van der Waals surface area (Å²) in [6.07, 6.45) is 0. The average Bonchev–Trinajstić information content (AvgIpc) is 2.31. The Balaban J connectivity index is 0.000000686. The van der Waals surface area contributed by atoms with Crippen LogP contribution >= 0.6 is 15.9 Å². The summed E-state index contributed by atoms with van der Waals surface area (Å²) < 4.78 is 0.975. The molecule has 0 saturated carbocycles. The summed E-state index contributed by atoms with van der Waals surface area (Å²) in [5.41, 5.74) is 3.59. The molecule has 0 aliphatic rings. The van der Waals surface area contributed by atoms with Crippen LogP contribution in [0.3, 0.4) is 0 Å². The molecular formula is C14H18BrNO. The van der Waals surface area contributed by atoms with Crippen LogP contribution in [0.4, 0.5) is 0 Å². The van der Waals surface area contributed by atoms with Crippen molar-refractivity contribution in [2.24, 2.45) is 0 Å². The Kier molecular flexibility index (Phi) is 4.52. The van der Waals surface area contributed by atoms with Gasteiger partial charge in [-0.15, -0.1) is 0 Å². The fourth-order valence-electron chi connectivity index (χ4n) is 1.59. The third-order valence-electron chi connectivity index (χ3n) is 2.66. The van der Waals surface area contributed by atoms with Crippen LogP contribution in [-0.2, 0) is 0 Å². The van der Waals surface area contributed by atoms with Crippen LogP contribution in [0.15, 0.2) is 16.6 Å². The van der Waals surface area contributed by atoms with E-state index in [2.05, 4.69) is 20.9 Å². The van der Waals surface area contributed by atoms with Crippen LogP contribution in [0.2, 0.25) is 0 Å². The van der Waals surface area contributed by atoms with E-state index >= 15 is 0 Å². The minimum absolute atomic E-state index is 0.274. The summed E-state index contributed by atoms with van der Waals surface area (Å²) in [6.45, 7) is 9.84. The van der Waals surface area contributed by atoms with Crippen molar-refractivity contribution in [3.63, 3.8) is 0 Å². The van der Waals surface area contributed by atoms with Crippen molar-refractivity contribution in [3.05, 3.63) is 33.4 Å². The maximum absolute atomic E-state index is 9.91. The van der Waals surface area contributed by atoms with Crippen LogP contribution < -0.4 is 0 Å². The number of hydrogen-bond acceptors (Lipinski definition) is 2. The van der Waals surface area contributed by atoms with Gasteiger partial charge in [-0.1, -0.05) is 29.8 Å². The van der Waals surface area contributed by atoms with Crippen LogP contribution in [-0.4, -0.2) is 10.1 Å². The maximum atomic E-state index is 9.91. The highest BCUT2D eigenvalue weighted by Gasteiger charge is 2.10. The number of nitrogens with zero attached hydrogens (tertiary/aromatic N) is 1. The van der Waals surface area contributed by atoms with Crippen molar-refractivity contribution >= 4 is 26.8 Å². The van der Waals surface area contributed by atoms with Crippen molar-refractivity contribution in [2.45, 2.75) is 34.6 Å². The van der Waals surface area contributed by atoms with Crippen LogP contribution in [0.5, 0.6) is 5.75 Å². The van der Waals surface area contributed by atoms with Crippen LogP contribution in [0.1, 0.15) is 30.7 Å². The van der Waals surface area contributed by atoms with Gasteiger partial charge < -0.3 is 5.11 Å². The maximum Gasteiger partial charge on any atom is 0.144 e. The van der Waals surface area contributed by atoms with Gasteiger partial charge in [0.25, 0.3) is 0 Å². The molecule has 2 rings (SSSR count). The predicted molar refractivity (Wildman–Crippen MR) is 76.7 cm³/mol. The van der Waals surface area contributed by atoms with E-state index in [1.54, 1.807) is 0 Å². The first-order valence-electron chi connectivity index (χ1n) is 5.76. The number of aryl methyl sites for hydroxylation is 3. The van der Waals surface area contributed by atoms with E-state index in [1.807, 2.05) is 46.8 Å². The SMILES string of the molecule is CC.Cc1cc2c(Br)cc(C)c(O)c2nc1C. The fraction of sp³-hybridized carbons (Fsp3) is 0.357. The number of aromatic hydroxyl groups is 1. The molecule has 0 amide bonds. The number of aromatic nitrogens is 1. The lowest BCUT2D eigenvalue weighted by Gasteiger charge is -2.08. The molecule has 1 N–H and O–H groups in total. The lowest BCUT2D eigenvalue weighted by atomic mass is 10.1. The largest absolute Gasteiger partial charge is 0.505 e. The number of hydrogen-bond donors (Lipinski definition) is 1. The second-order valence-electron chi connectivity index (χ2n) is 3.81. The highest BCUT2D eigenvalue weighted by atomic mass is 79.9. The summed E-state index contributed by atoms with van der Waals surface area (Å²) >= 11 is 3.49. The molecule has 2 aromatic rings. The molecular weight excluding hydrogens is 278 g/mol. The number of rotatable bonds is 0. The Hall–Kier alpha value is -1.09. The molecule has 0 atom stereocenters. The number of benzene rings is 1. The molecule has 0 unspecified atom stereocenters. The highest BCUT2D eigenvalue weighted by molar-refractivity contribution is 9.10. The third kappa shape index (κ3) is 2.60. The van der Waals surface area contributed by atoms with Gasteiger partial charge in [0.1, 0.15) is 11.3 Å². The monoisotopic (exact) mass is 295 g/mol. The van der Waals surface area contributed by atoms with E-state index in [-0.39, 0.29) is 5.75 Å². The van der Waals surface area contributed by atoms with Gasteiger partial charge in [-0.25, -0.2) is 4.98 Å². The van der Waals surface area contributed by atoms with Gasteiger partial charge in [-0.3, -0.25) is 0 Å². The van der Waals surface area contributed by atoms with Gasteiger partial charge in [0.2, 0.25) is 0 Å². The minimum atomic E-state index is 0.274.